The van der Waals surface area contributed by atoms with Crippen molar-refractivity contribution in [2.45, 2.75) is 19.3 Å². The van der Waals surface area contributed by atoms with Gasteiger partial charge in [0.15, 0.2) is 0 Å². The molecule has 1 aliphatic heterocycles. The summed E-state index contributed by atoms with van der Waals surface area (Å²) in [6.07, 6.45) is 0. The molecule has 4 nitrogen and oxygen atoms in total. The third-order valence-electron chi connectivity index (χ3n) is 13.5. The molecule has 0 aliphatic carbocycles. The van der Waals surface area contributed by atoms with Gasteiger partial charge in [0.2, 0.25) is 0 Å². The fraction of sp³-hybridized carbons (Fsp3) is 0.0508. The van der Waals surface area contributed by atoms with Crippen molar-refractivity contribution in [2.24, 2.45) is 0 Å². The van der Waals surface area contributed by atoms with Gasteiger partial charge in [-0.05, 0) is 103 Å². The molecule has 0 bridgehead atoms. The fourth-order valence-electron chi connectivity index (χ4n) is 10.6. The van der Waals surface area contributed by atoms with Crippen LogP contribution >= 0.6 is 0 Å². The van der Waals surface area contributed by atoms with Gasteiger partial charge in [-0.15, -0.1) is 0 Å². The molecule has 0 unspecified atom stereocenters. The first-order chi connectivity index (χ1) is 31.0. The average Bonchev–Trinajstić information content (AvgIpc) is 3.66. The molecule has 1 aliphatic rings. The molecule has 63 heavy (non-hydrogen) atoms. The SMILES string of the molecule is CC1(C)c2ccccc2N(c2cc(-c3cccc4ccccc34)c3ccccc3n2)c2cc3c(cc21)c1ccccc1n3-c1cc(-c2cccc3ccccc23)c2ccccc2n1. The summed E-state index contributed by atoms with van der Waals surface area (Å²) < 4.78 is 2.38. The molecule has 9 aromatic carbocycles. The van der Waals surface area contributed by atoms with E-state index >= 15 is 0 Å². The number of hydrogen-bond acceptors (Lipinski definition) is 3. The van der Waals surface area contributed by atoms with Gasteiger partial charge < -0.3 is 0 Å². The summed E-state index contributed by atoms with van der Waals surface area (Å²) in [6, 6.07) is 74.8. The van der Waals surface area contributed by atoms with E-state index in [0.717, 1.165) is 67.0 Å². The van der Waals surface area contributed by atoms with E-state index in [1.54, 1.807) is 0 Å². The van der Waals surface area contributed by atoms with Gasteiger partial charge in [0.1, 0.15) is 11.6 Å². The van der Waals surface area contributed by atoms with E-state index in [4.69, 9.17) is 9.97 Å². The lowest BCUT2D eigenvalue weighted by atomic mass is 9.73. The highest BCUT2D eigenvalue weighted by Gasteiger charge is 2.38. The van der Waals surface area contributed by atoms with Crippen LogP contribution in [-0.2, 0) is 5.41 Å². The highest BCUT2D eigenvalue weighted by molar-refractivity contribution is 6.13. The van der Waals surface area contributed by atoms with E-state index < -0.39 is 0 Å². The summed E-state index contributed by atoms with van der Waals surface area (Å²) in [4.78, 5) is 13.4. The molecule has 0 N–H and O–H groups in total. The summed E-state index contributed by atoms with van der Waals surface area (Å²) >= 11 is 0. The van der Waals surface area contributed by atoms with Crippen LogP contribution in [0, 0.1) is 0 Å². The van der Waals surface area contributed by atoms with E-state index in [2.05, 4.69) is 230 Å². The van der Waals surface area contributed by atoms with Crippen molar-refractivity contribution in [3.8, 4) is 28.1 Å². The predicted molar refractivity (Wildman–Crippen MR) is 264 cm³/mol. The maximum atomic E-state index is 5.53. The second kappa shape index (κ2) is 13.5. The Balaban J connectivity index is 1.11. The molecule has 0 spiro atoms. The molecule has 0 saturated carbocycles. The van der Waals surface area contributed by atoms with Gasteiger partial charge in [0, 0.05) is 27.0 Å². The number of benzene rings is 9. The standard InChI is InChI=1S/C59H40N4/c1-59(2)49-28-10-14-32-54(49)63(58-35-47(44-24-8-12-30-52(44)61-58)42-27-16-20-38-18-4-6-22-40(38)42)56-36-55-48(33-50(56)59)45-25-9-13-31-53(45)62(55)57-34-46(43-23-7-11-29-51(43)60-57)41-26-15-19-37-17-3-5-21-39(37)41/h3-36H,1-2H3. The number of nitrogens with zero attached hydrogens (tertiary/aromatic N) is 4. The molecule has 13 rings (SSSR count). The maximum Gasteiger partial charge on any atom is 0.138 e. The van der Waals surface area contributed by atoms with Gasteiger partial charge >= 0.3 is 0 Å². The monoisotopic (exact) mass is 804 g/mol. The topological polar surface area (TPSA) is 34.0 Å². The maximum absolute atomic E-state index is 5.53. The number of rotatable bonds is 4. The van der Waals surface area contributed by atoms with E-state index in [0.29, 0.717) is 0 Å². The molecule has 4 heterocycles. The number of hydrogen-bond donors (Lipinski definition) is 0. The molecule has 0 fully saturated rings. The molecular weight excluding hydrogens is 765 g/mol. The van der Waals surface area contributed by atoms with Crippen LogP contribution in [0.2, 0.25) is 0 Å². The van der Waals surface area contributed by atoms with Crippen LogP contribution in [0.15, 0.2) is 206 Å². The number of fused-ring (bicyclic) bond motifs is 9. The first kappa shape index (κ1) is 35.7. The second-order valence-corrected chi connectivity index (χ2v) is 17.4. The third kappa shape index (κ3) is 5.28. The Morgan fingerprint density at radius 3 is 1.52 bits per heavy atom. The fourth-order valence-corrected chi connectivity index (χ4v) is 10.6. The largest absolute Gasteiger partial charge is 0.294 e. The molecule has 296 valence electrons. The van der Waals surface area contributed by atoms with Crippen LogP contribution in [0.1, 0.15) is 25.0 Å². The molecule has 0 atom stereocenters. The van der Waals surface area contributed by atoms with Crippen LogP contribution in [0.5, 0.6) is 0 Å². The van der Waals surface area contributed by atoms with Crippen LogP contribution in [-0.4, -0.2) is 14.5 Å². The van der Waals surface area contributed by atoms with Crippen molar-refractivity contribution in [2.75, 3.05) is 4.90 Å². The Morgan fingerprint density at radius 2 is 0.857 bits per heavy atom. The normalized spacial score (nSPS) is 13.3. The quantitative estimate of drug-likeness (QED) is 0.178. The van der Waals surface area contributed by atoms with Crippen molar-refractivity contribution in [3.05, 3.63) is 217 Å². The zero-order valence-electron chi connectivity index (χ0n) is 34.9. The summed E-state index contributed by atoms with van der Waals surface area (Å²) in [7, 11) is 0. The Bertz CT molecular complexity index is 3850. The summed E-state index contributed by atoms with van der Waals surface area (Å²) in [5.74, 6) is 1.76. The van der Waals surface area contributed by atoms with Crippen LogP contribution in [0.4, 0.5) is 17.2 Å². The van der Waals surface area contributed by atoms with E-state index in [1.165, 1.54) is 54.6 Å². The summed E-state index contributed by atoms with van der Waals surface area (Å²) in [5, 5.41) is 9.53. The first-order valence-corrected chi connectivity index (χ1v) is 21.7. The van der Waals surface area contributed by atoms with Gasteiger partial charge in [0.25, 0.3) is 0 Å². The zero-order valence-corrected chi connectivity index (χ0v) is 34.9. The Morgan fingerprint density at radius 1 is 0.349 bits per heavy atom. The lowest BCUT2D eigenvalue weighted by Crippen LogP contribution is -2.31. The van der Waals surface area contributed by atoms with E-state index in [9.17, 15) is 0 Å². The minimum atomic E-state index is -0.308. The zero-order chi connectivity index (χ0) is 41.8. The summed E-state index contributed by atoms with van der Waals surface area (Å²) in [6.45, 7) is 4.73. The van der Waals surface area contributed by atoms with Gasteiger partial charge in [0.05, 0.1) is 33.4 Å². The summed E-state index contributed by atoms with van der Waals surface area (Å²) in [5.41, 5.74) is 13.3. The third-order valence-corrected chi connectivity index (χ3v) is 13.5. The van der Waals surface area contributed by atoms with Gasteiger partial charge in [-0.2, -0.15) is 0 Å². The number of anilines is 3. The van der Waals surface area contributed by atoms with Crippen molar-refractivity contribution >= 4 is 82.3 Å². The van der Waals surface area contributed by atoms with E-state index in [1.807, 2.05) is 0 Å². The van der Waals surface area contributed by atoms with E-state index in [-0.39, 0.29) is 5.41 Å². The lowest BCUT2D eigenvalue weighted by Gasteiger charge is -2.41. The molecule has 4 heteroatoms. The predicted octanol–water partition coefficient (Wildman–Crippen LogP) is 15.6. The minimum absolute atomic E-state index is 0.308. The van der Waals surface area contributed by atoms with Crippen LogP contribution < -0.4 is 4.90 Å². The number of aromatic nitrogens is 3. The number of para-hydroxylation sites is 4. The molecule has 3 aromatic heterocycles. The van der Waals surface area contributed by atoms with Crippen molar-refractivity contribution in [1.29, 1.82) is 0 Å². The number of pyridine rings is 2. The smallest absolute Gasteiger partial charge is 0.138 e. The molecule has 0 radical (unpaired) electrons. The Labute approximate surface area is 365 Å². The van der Waals surface area contributed by atoms with Crippen molar-refractivity contribution < 1.29 is 0 Å². The minimum Gasteiger partial charge on any atom is -0.294 e. The van der Waals surface area contributed by atoms with Gasteiger partial charge in [-0.1, -0.05) is 172 Å². The van der Waals surface area contributed by atoms with Crippen molar-refractivity contribution in [3.63, 3.8) is 0 Å². The molecule has 12 aromatic rings. The average molecular weight is 805 g/mol. The van der Waals surface area contributed by atoms with Gasteiger partial charge in [-0.3, -0.25) is 9.47 Å². The molecule has 0 saturated heterocycles. The molecule has 0 amide bonds. The highest BCUT2D eigenvalue weighted by atomic mass is 15.2. The van der Waals surface area contributed by atoms with Crippen LogP contribution in [0.25, 0.3) is 93.2 Å². The highest BCUT2D eigenvalue weighted by Crippen LogP contribution is 2.54. The lowest BCUT2D eigenvalue weighted by molar-refractivity contribution is 0.632. The van der Waals surface area contributed by atoms with Crippen LogP contribution in [0.3, 0.4) is 0 Å². The Hall–Kier alpha value is -8.08. The second-order valence-electron chi connectivity index (χ2n) is 17.4. The molecular formula is C59H40N4. The van der Waals surface area contributed by atoms with Crippen molar-refractivity contribution in [1.82, 2.24) is 14.5 Å². The first-order valence-electron chi connectivity index (χ1n) is 21.7. The van der Waals surface area contributed by atoms with Gasteiger partial charge in [-0.25, -0.2) is 9.97 Å². The Kier molecular flexibility index (Phi) is 7.62.